The van der Waals surface area contributed by atoms with Gasteiger partial charge >= 0.3 is 0 Å². The predicted octanol–water partition coefficient (Wildman–Crippen LogP) is 3.48. The Bertz CT molecular complexity index is 531. The molecule has 0 saturated carbocycles. The van der Waals surface area contributed by atoms with E-state index in [4.69, 9.17) is 0 Å². The van der Waals surface area contributed by atoms with Crippen molar-refractivity contribution < 1.29 is 0 Å². The second-order valence-electron chi connectivity index (χ2n) is 4.72. The second-order valence-corrected chi connectivity index (χ2v) is 5.58. The summed E-state index contributed by atoms with van der Waals surface area (Å²) in [5.41, 5.74) is 3.84. The minimum Gasteiger partial charge on any atom is -0.311 e. The number of nitrogens with one attached hydrogen (secondary N) is 1. The molecule has 0 aliphatic rings. The van der Waals surface area contributed by atoms with Crippen molar-refractivity contribution >= 4 is 15.9 Å². The minimum absolute atomic E-state index is 0.263. The molecule has 0 aliphatic carbocycles. The van der Waals surface area contributed by atoms with Crippen molar-refractivity contribution in [1.82, 2.24) is 15.1 Å². The van der Waals surface area contributed by atoms with Crippen LogP contribution in [0, 0.1) is 6.92 Å². The SMILES string of the molecule is CCn1ncc(Br)c1C(Cc1ccc(C)cc1)NC. The summed E-state index contributed by atoms with van der Waals surface area (Å²) in [6, 6.07) is 8.97. The lowest BCUT2D eigenvalue weighted by atomic mass is 10.0. The minimum atomic E-state index is 0.263. The normalized spacial score (nSPS) is 12.6. The van der Waals surface area contributed by atoms with Crippen molar-refractivity contribution in [3.05, 3.63) is 51.8 Å². The Morgan fingerprint density at radius 2 is 2.00 bits per heavy atom. The summed E-state index contributed by atoms with van der Waals surface area (Å²) < 4.78 is 3.11. The maximum Gasteiger partial charge on any atom is 0.0698 e. The number of likely N-dealkylation sites (N-methyl/N-ethyl adjacent to an activating group) is 1. The van der Waals surface area contributed by atoms with Crippen LogP contribution in [0.25, 0.3) is 0 Å². The summed E-state index contributed by atoms with van der Waals surface area (Å²) >= 11 is 3.60. The molecule has 1 N–H and O–H groups in total. The molecule has 0 bridgehead atoms. The van der Waals surface area contributed by atoms with Gasteiger partial charge in [-0.2, -0.15) is 5.10 Å². The highest BCUT2D eigenvalue weighted by Gasteiger charge is 2.18. The van der Waals surface area contributed by atoms with Crippen LogP contribution in [0.5, 0.6) is 0 Å². The molecule has 19 heavy (non-hydrogen) atoms. The molecule has 0 fully saturated rings. The van der Waals surface area contributed by atoms with Crippen LogP contribution in [0.2, 0.25) is 0 Å². The smallest absolute Gasteiger partial charge is 0.0698 e. The van der Waals surface area contributed by atoms with Crippen LogP contribution in [-0.2, 0) is 13.0 Å². The van der Waals surface area contributed by atoms with E-state index in [0.717, 1.165) is 17.4 Å². The number of halogens is 1. The fourth-order valence-electron chi connectivity index (χ4n) is 2.27. The van der Waals surface area contributed by atoms with Crippen LogP contribution in [0.1, 0.15) is 29.8 Å². The second kappa shape index (κ2) is 6.35. The lowest BCUT2D eigenvalue weighted by Crippen LogP contribution is -2.22. The number of hydrogen-bond donors (Lipinski definition) is 1. The van der Waals surface area contributed by atoms with Crippen molar-refractivity contribution in [2.24, 2.45) is 0 Å². The Hall–Kier alpha value is -1.13. The Kier molecular flexibility index (Phi) is 4.77. The molecule has 4 heteroatoms. The average Bonchev–Trinajstić information content (AvgIpc) is 2.79. The van der Waals surface area contributed by atoms with E-state index in [1.807, 2.05) is 17.9 Å². The Morgan fingerprint density at radius 1 is 1.32 bits per heavy atom. The largest absolute Gasteiger partial charge is 0.311 e. The molecule has 2 rings (SSSR count). The van der Waals surface area contributed by atoms with E-state index in [0.29, 0.717) is 0 Å². The van der Waals surface area contributed by atoms with Gasteiger partial charge in [0, 0.05) is 6.54 Å². The Labute approximate surface area is 123 Å². The maximum atomic E-state index is 4.39. The predicted molar refractivity (Wildman–Crippen MR) is 82.3 cm³/mol. The first-order valence-electron chi connectivity index (χ1n) is 6.59. The highest BCUT2D eigenvalue weighted by Crippen LogP contribution is 2.26. The fourth-order valence-corrected chi connectivity index (χ4v) is 2.84. The van der Waals surface area contributed by atoms with E-state index in [9.17, 15) is 0 Å². The lowest BCUT2D eigenvalue weighted by molar-refractivity contribution is 0.511. The van der Waals surface area contributed by atoms with Crippen LogP contribution in [-0.4, -0.2) is 16.8 Å². The molecule has 1 aromatic carbocycles. The topological polar surface area (TPSA) is 29.9 Å². The number of benzene rings is 1. The number of aromatic nitrogens is 2. The average molecular weight is 322 g/mol. The maximum absolute atomic E-state index is 4.39. The third-order valence-corrected chi connectivity index (χ3v) is 3.98. The molecule has 1 heterocycles. The van der Waals surface area contributed by atoms with Crippen molar-refractivity contribution in [2.75, 3.05) is 7.05 Å². The van der Waals surface area contributed by atoms with Gasteiger partial charge in [0.2, 0.25) is 0 Å². The summed E-state index contributed by atoms with van der Waals surface area (Å²) in [5, 5.41) is 7.78. The van der Waals surface area contributed by atoms with E-state index >= 15 is 0 Å². The summed E-state index contributed by atoms with van der Waals surface area (Å²) in [7, 11) is 2.00. The molecule has 2 aromatic rings. The Balaban J connectivity index is 2.24. The van der Waals surface area contributed by atoms with Crippen molar-refractivity contribution in [3.63, 3.8) is 0 Å². The number of rotatable bonds is 5. The van der Waals surface area contributed by atoms with Gasteiger partial charge in [-0.25, -0.2) is 0 Å². The van der Waals surface area contributed by atoms with Gasteiger partial charge in [0.25, 0.3) is 0 Å². The molecule has 102 valence electrons. The molecule has 1 atom stereocenters. The molecule has 0 radical (unpaired) electrons. The number of aryl methyl sites for hydroxylation is 2. The first kappa shape index (κ1) is 14.3. The molecule has 3 nitrogen and oxygen atoms in total. The van der Waals surface area contributed by atoms with E-state index in [2.05, 4.69) is 64.5 Å². The summed E-state index contributed by atoms with van der Waals surface area (Å²) in [6.07, 6.45) is 2.83. The van der Waals surface area contributed by atoms with E-state index in [-0.39, 0.29) is 6.04 Å². The lowest BCUT2D eigenvalue weighted by Gasteiger charge is -2.18. The standard InChI is InChI=1S/C15H20BrN3/c1-4-19-15(13(16)10-18-19)14(17-3)9-12-7-5-11(2)6-8-12/h5-8,10,14,17H,4,9H2,1-3H3. The molecule has 0 saturated heterocycles. The van der Waals surface area contributed by atoms with Gasteiger partial charge < -0.3 is 5.32 Å². The van der Waals surface area contributed by atoms with Gasteiger partial charge in [0.1, 0.15) is 0 Å². The summed E-state index contributed by atoms with van der Waals surface area (Å²) in [4.78, 5) is 0. The molecule has 1 unspecified atom stereocenters. The highest BCUT2D eigenvalue weighted by atomic mass is 79.9. The quantitative estimate of drug-likeness (QED) is 0.913. The molecular weight excluding hydrogens is 302 g/mol. The summed E-state index contributed by atoms with van der Waals surface area (Å²) in [5.74, 6) is 0. The van der Waals surface area contributed by atoms with E-state index in [1.165, 1.54) is 16.8 Å². The van der Waals surface area contributed by atoms with Gasteiger partial charge in [-0.3, -0.25) is 4.68 Å². The number of nitrogens with zero attached hydrogens (tertiary/aromatic N) is 2. The van der Waals surface area contributed by atoms with Gasteiger partial charge in [-0.1, -0.05) is 29.8 Å². The molecule has 0 spiro atoms. The van der Waals surface area contributed by atoms with Gasteiger partial charge in [-0.15, -0.1) is 0 Å². The Morgan fingerprint density at radius 3 is 2.58 bits per heavy atom. The van der Waals surface area contributed by atoms with Crippen molar-refractivity contribution in [1.29, 1.82) is 0 Å². The molecule has 0 aliphatic heterocycles. The van der Waals surface area contributed by atoms with Gasteiger partial charge in [0.05, 0.1) is 22.4 Å². The van der Waals surface area contributed by atoms with E-state index in [1.54, 1.807) is 0 Å². The van der Waals surface area contributed by atoms with Crippen LogP contribution in [0.15, 0.2) is 34.9 Å². The zero-order valence-corrected chi connectivity index (χ0v) is 13.2. The van der Waals surface area contributed by atoms with Crippen molar-refractivity contribution in [2.45, 2.75) is 32.9 Å². The van der Waals surface area contributed by atoms with Crippen molar-refractivity contribution in [3.8, 4) is 0 Å². The third-order valence-electron chi connectivity index (χ3n) is 3.37. The summed E-state index contributed by atoms with van der Waals surface area (Å²) in [6.45, 7) is 5.11. The van der Waals surface area contributed by atoms with Gasteiger partial charge in [-0.05, 0) is 48.8 Å². The monoisotopic (exact) mass is 321 g/mol. The third kappa shape index (κ3) is 3.25. The number of hydrogen-bond acceptors (Lipinski definition) is 2. The first-order chi connectivity index (χ1) is 9.15. The molecule has 0 amide bonds. The highest BCUT2D eigenvalue weighted by molar-refractivity contribution is 9.10. The van der Waals surface area contributed by atoms with Crippen LogP contribution in [0.4, 0.5) is 0 Å². The molecular formula is C15H20BrN3. The van der Waals surface area contributed by atoms with Crippen LogP contribution >= 0.6 is 15.9 Å². The van der Waals surface area contributed by atoms with Gasteiger partial charge in [0.15, 0.2) is 0 Å². The van der Waals surface area contributed by atoms with Crippen LogP contribution in [0.3, 0.4) is 0 Å². The zero-order chi connectivity index (χ0) is 13.8. The zero-order valence-electron chi connectivity index (χ0n) is 11.7. The molecule has 1 aromatic heterocycles. The van der Waals surface area contributed by atoms with E-state index < -0.39 is 0 Å². The fraction of sp³-hybridized carbons (Fsp3) is 0.400. The first-order valence-corrected chi connectivity index (χ1v) is 7.39. The van der Waals surface area contributed by atoms with Crippen LogP contribution < -0.4 is 5.32 Å².